The van der Waals surface area contributed by atoms with Gasteiger partial charge in [-0.15, -0.1) is 0 Å². The largest absolute Gasteiger partial charge is 0.433 e. The van der Waals surface area contributed by atoms with E-state index in [4.69, 9.17) is 9.15 Å². The molecule has 0 aliphatic heterocycles. The van der Waals surface area contributed by atoms with Crippen molar-refractivity contribution in [3.05, 3.63) is 28.0 Å². The Morgan fingerprint density at radius 3 is 2.57 bits per heavy atom. The molecule has 1 aromatic heterocycles. The average Bonchev–Trinajstić information content (AvgIpc) is 2.47. The summed E-state index contributed by atoms with van der Waals surface area (Å²) in [5, 5.41) is 10.3. The fourth-order valence-corrected chi connectivity index (χ4v) is 0.830. The Balaban J connectivity index is 2.56. The lowest BCUT2D eigenvalue weighted by atomic mass is 10.2. The molecule has 0 fully saturated rings. The molecule has 0 atom stereocenters. The Hall–Kier alpha value is -1.36. The molecule has 5 heteroatoms. The molecule has 1 aromatic rings. The number of nitrogens with zero attached hydrogens (tertiary/aromatic N) is 1. The van der Waals surface area contributed by atoms with Crippen LogP contribution >= 0.6 is 0 Å². The molecule has 0 saturated heterocycles. The summed E-state index contributed by atoms with van der Waals surface area (Å²) in [5.74, 6) is 0.212. The summed E-state index contributed by atoms with van der Waals surface area (Å²) in [6.07, 6.45) is 0. The van der Waals surface area contributed by atoms with Gasteiger partial charge in [0.1, 0.15) is 17.3 Å². The molecule has 0 unspecified atom stereocenters. The first kappa shape index (κ1) is 10.7. The number of hydrogen-bond acceptors (Lipinski definition) is 4. The van der Waals surface area contributed by atoms with Crippen LogP contribution in [-0.4, -0.2) is 10.5 Å². The first-order valence-electron chi connectivity index (χ1n) is 4.25. The lowest BCUT2D eigenvalue weighted by Gasteiger charge is -2.18. The smallest absolute Gasteiger partial charge is 0.403 e. The van der Waals surface area contributed by atoms with Crippen LogP contribution in [0.2, 0.25) is 0 Å². The third-order valence-corrected chi connectivity index (χ3v) is 1.47. The van der Waals surface area contributed by atoms with Crippen molar-refractivity contribution in [2.75, 3.05) is 0 Å². The molecule has 0 aromatic carbocycles. The predicted molar refractivity (Wildman–Crippen MR) is 49.9 cm³/mol. The molecule has 0 aliphatic rings. The van der Waals surface area contributed by atoms with Crippen LogP contribution in [0.1, 0.15) is 26.5 Å². The normalized spacial score (nSPS) is 11.6. The molecule has 0 radical (unpaired) electrons. The molecule has 0 amide bonds. The van der Waals surface area contributed by atoms with E-state index in [1.54, 1.807) is 6.07 Å². The molecular weight excluding hydrogens is 186 g/mol. The van der Waals surface area contributed by atoms with E-state index in [-0.39, 0.29) is 18.1 Å². The molecule has 0 N–H and O–H groups in total. The van der Waals surface area contributed by atoms with E-state index < -0.39 is 4.92 Å². The highest BCUT2D eigenvalue weighted by Crippen LogP contribution is 2.18. The molecule has 5 nitrogen and oxygen atoms in total. The van der Waals surface area contributed by atoms with Crippen LogP contribution in [-0.2, 0) is 11.3 Å². The zero-order chi connectivity index (χ0) is 10.8. The van der Waals surface area contributed by atoms with Gasteiger partial charge < -0.3 is 9.15 Å². The predicted octanol–water partition coefficient (Wildman–Crippen LogP) is 2.50. The maximum atomic E-state index is 10.3. The minimum Gasteiger partial charge on any atom is -0.403 e. The number of nitro groups is 1. The Bertz CT molecular complexity index is 324. The monoisotopic (exact) mass is 199 g/mol. The van der Waals surface area contributed by atoms with Crippen LogP contribution in [0.5, 0.6) is 0 Å². The molecule has 78 valence electrons. The van der Waals surface area contributed by atoms with Gasteiger partial charge >= 0.3 is 5.88 Å². The molecule has 0 spiro atoms. The minimum absolute atomic E-state index is 0.247. The van der Waals surface area contributed by atoms with E-state index >= 15 is 0 Å². The molecule has 0 aliphatic carbocycles. The van der Waals surface area contributed by atoms with Crippen LogP contribution in [0.4, 0.5) is 5.88 Å². The van der Waals surface area contributed by atoms with Crippen LogP contribution in [0.25, 0.3) is 0 Å². The van der Waals surface area contributed by atoms with Gasteiger partial charge in [-0.25, -0.2) is 0 Å². The van der Waals surface area contributed by atoms with Crippen molar-refractivity contribution in [3.8, 4) is 0 Å². The van der Waals surface area contributed by atoms with E-state index in [0.29, 0.717) is 5.76 Å². The summed E-state index contributed by atoms with van der Waals surface area (Å²) in [7, 11) is 0. The highest BCUT2D eigenvalue weighted by atomic mass is 16.6. The van der Waals surface area contributed by atoms with Crippen LogP contribution in [0.15, 0.2) is 16.5 Å². The maximum absolute atomic E-state index is 10.3. The highest BCUT2D eigenvalue weighted by Gasteiger charge is 2.15. The van der Waals surface area contributed by atoms with Crippen LogP contribution < -0.4 is 0 Å². The van der Waals surface area contributed by atoms with Crippen molar-refractivity contribution >= 4 is 5.88 Å². The fraction of sp³-hybridized carbons (Fsp3) is 0.556. The quantitative estimate of drug-likeness (QED) is 0.554. The topological polar surface area (TPSA) is 65.5 Å². The van der Waals surface area contributed by atoms with Crippen LogP contribution in [0.3, 0.4) is 0 Å². The summed E-state index contributed by atoms with van der Waals surface area (Å²) in [5.41, 5.74) is -0.276. The zero-order valence-corrected chi connectivity index (χ0v) is 8.44. The third kappa shape index (κ3) is 3.18. The number of hydrogen-bond donors (Lipinski definition) is 0. The lowest BCUT2D eigenvalue weighted by Crippen LogP contribution is -2.18. The maximum Gasteiger partial charge on any atom is 0.433 e. The Morgan fingerprint density at radius 1 is 1.50 bits per heavy atom. The van der Waals surface area contributed by atoms with E-state index in [1.807, 2.05) is 20.8 Å². The summed E-state index contributed by atoms with van der Waals surface area (Å²) in [6.45, 7) is 5.97. The van der Waals surface area contributed by atoms with Crippen molar-refractivity contribution in [1.29, 1.82) is 0 Å². The van der Waals surface area contributed by atoms with Gasteiger partial charge in [-0.2, -0.15) is 0 Å². The van der Waals surface area contributed by atoms with Gasteiger partial charge in [0, 0.05) is 0 Å². The molecule has 1 heterocycles. The minimum atomic E-state index is -0.569. The molecule has 0 saturated carbocycles. The van der Waals surface area contributed by atoms with E-state index in [2.05, 4.69) is 0 Å². The summed E-state index contributed by atoms with van der Waals surface area (Å²) < 4.78 is 10.3. The first-order chi connectivity index (χ1) is 6.38. The second-order valence-corrected chi connectivity index (χ2v) is 3.90. The highest BCUT2D eigenvalue weighted by molar-refractivity contribution is 5.17. The number of furan rings is 1. The fourth-order valence-electron chi connectivity index (χ4n) is 0.830. The number of rotatable bonds is 3. The van der Waals surface area contributed by atoms with Gasteiger partial charge in [-0.1, -0.05) is 0 Å². The van der Waals surface area contributed by atoms with Gasteiger partial charge in [-0.3, -0.25) is 10.1 Å². The summed E-state index contributed by atoms with van der Waals surface area (Å²) >= 11 is 0. The Kier molecular flexibility index (Phi) is 2.90. The molecule has 0 bridgehead atoms. The van der Waals surface area contributed by atoms with E-state index in [9.17, 15) is 10.1 Å². The molecule has 14 heavy (non-hydrogen) atoms. The third-order valence-electron chi connectivity index (χ3n) is 1.47. The van der Waals surface area contributed by atoms with Crippen LogP contribution in [0, 0.1) is 10.1 Å². The van der Waals surface area contributed by atoms with Crippen molar-refractivity contribution in [1.82, 2.24) is 0 Å². The van der Waals surface area contributed by atoms with Gasteiger partial charge in [0.2, 0.25) is 0 Å². The van der Waals surface area contributed by atoms with E-state index in [0.717, 1.165) is 0 Å². The van der Waals surface area contributed by atoms with Gasteiger partial charge in [0.25, 0.3) is 0 Å². The Morgan fingerprint density at radius 2 is 2.14 bits per heavy atom. The standard InChI is InChI=1S/C9H13NO4/c1-9(2,3)13-6-7-4-5-8(14-7)10(11)12/h4-5H,6H2,1-3H3. The van der Waals surface area contributed by atoms with Gasteiger partial charge in [0.15, 0.2) is 0 Å². The zero-order valence-electron chi connectivity index (χ0n) is 8.44. The van der Waals surface area contributed by atoms with Gasteiger partial charge in [0.05, 0.1) is 11.7 Å². The molecule has 1 rings (SSSR count). The number of ether oxygens (including phenoxy) is 1. The second-order valence-electron chi connectivity index (χ2n) is 3.90. The van der Waals surface area contributed by atoms with Crippen molar-refractivity contribution in [3.63, 3.8) is 0 Å². The van der Waals surface area contributed by atoms with E-state index in [1.165, 1.54) is 6.07 Å². The summed E-state index contributed by atoms with van der Waals surface area (Å²) in [4.78, 5) is 9.72. The van der Waals surface area contributed by atoms with Crippen molar-refractivity contribution < 1.29 is 14.1 Å². The average molecular weight is 199 g/mol. The first-order valence-corrected chi connectivity index (χ1v) is 4.25. The summed E-state index contributed by atoms with van der Waals surface area (Å²) in [6, 6.07) is 2.87. The molecular formula is C9H13NO4. The van der Waals surface area contributed by atoms with Crippen molar-refractivity contribution in [2.24, 2.45) is 0 Å². The van der Waals surface area contributed by atoms with Crippen molar-refractivity contribution in [2.45, 2.75) is 33.0 Å². The Labute approximate surface area is 81.8 Å². The lowest BCUT2D eigenvalue weighted by molar-refractivity contribution is -0.402. The van der Waals surface area contributed by atoms with Gasteiger partial charge in [-0.05, 0) is 26.8 Å². The second kappa shape index (κ2) is 3.79. The SMILES string of the molecule is CC(C)(C)OCc1ccc([N+](=O)[O-])o1.